The van der Waals surface area contributed by atoms with Crippen molar-refractivity contribution in [1.82, 2.24) is 9.97 Å². The van der Waals surface area contributed by atoms with Gasteiger partial charge in [-0.1, -0.05) is 42.5 Å². The molecular weight excluding hydrogens is 426 g/mol. The van der Waals surface area contributed by atoms with Gasteiger partial charge in [-0.25, -0.2) is 9.97 Å². The van der Waals surface area contributed by atoms with Crippen molar-refractivity contribution in [1.29, 1.82) is 0 Å². The number of aromatic hydroxyl groups is 2. The summed E-state index contributed by atoms with van der Waals surface area (Å²) >= 11 is 0. The van der Waals surface area contributed by atoms with Gasteiger partial charge in [0.25, 0.3) is 0 Å². The van der Waals surface area contributed by atoms with Gasteiger partial charge < -0.3 is 20.6 Å². The molecule has 0 saturated carbocycles. The SMILES string of the molecule is Oc1ccc(-c2cnc(NC(O)Cc3ccc4ccccc4c3)c(-c3ccc(O)cc3)n2)cc1. The molecule has 1 heterocycles. The fraction of sp³-hybridized carbons (Fsp3) is 0.0714. The number of nitrogens with one attached hydrogen (secondary N) is 1. The smallest absolute Gasteiger partial charge is 0.154 e. The highest BCUT2D eigenvalue weighted by molar-refractivity contribution is 5.83. The maximum Gasteiger partial charge on any atom is 0.154 e. The second-order valence-electron chi connectivity index (χ2n) is 8.09. The third kappa shape index (κ3) is 4.67. The van der Waals surface area contributed by atoms with Crippen LogP contribution in [0.1, 0.15) is 5.56 Å². The fourth-order valence-electron chi connectivity index (χ4n) is 3.88. The van der Waals surface area contributed by atoms with Gasteiger partial charge in [0, 0.05) is 17.5 Å². The van der Waals surface area contributed by atoms with E-state index in [-0.39, 0.29) is 11.5 Å². The third-order valence-corrected chi connectivity index (χ3v) is 5.62. The molecule has 5 rings (SSSR count). The molecule has 0 fully saturated rings. The van der Waals surface area contributed by atoms with Crippen LogP contribution in [0.2, 0.25) is 0 Å². The first-order valence-corrected chi connectivity index (χ1v) is 10.9. The van der Waals surface area contributed by atoms with Crippen LogP contribution in [0.4, 0.5) is 5.82 Å². The Kier molecular flexibility index (Phi) is 5.81. The topological polar surface area (TPSA) is 98.5 Å². The first-order valence-electron chi connectivity index (χ1n) is 10.9. The van der Waals surface area contributed by atoms with Crippen molar-refractivity contribution in [2.24, 2.45) is 0 Å². The molecule has 6 nitrogen and oxygen atoms in total. The van der Waals surface area contributed by atoms with Crippen molar-refractivity contribution < 1.29 is 15.3 Å². The number of aliphatic hydroxyl groups is 1. The Labute approximate surface area is 196 Å². The summed E-state index contributed by atoms with van der Waals surface area (Å²) in [5.74, 6) is 0.754. The van der Waals surface area contributed by atoms with Crippen molar-refractivity contribution in [2.45, 2.75) is 12.6 Å². The zero-order valence-electron chi connectivity index (χ0n) is 18.3. The van der Waals surface area contributed by atoms with Gasteiger partial charge in [-0.2, -0.15) is 0 Å². The average molecular weight is 450 g/mol. The Morgan fingerprint density at radius 3 is 2.09 bits per heavy atom. The van der Waals surface area contributed by atoms with E-state index >= 15 is 0 Å². The predicted octanol–water partition coefficient (Wildman–Crippen LogP) is 5.35. The Morgan fingerprint density at radius 1 is 0.735 bits per heavy atom. The molecule has 0 saturated heterocycles. The highest BCUT2D eigenvalue weighted by Gasteiger charge is 2.15. The summed E-state index contributed by atoms with van der Waals surface area (Å²) in [5.41, 5.74) is 3.71. The van der Waals surface area contributed by atoms with Crippen LogP contribution in [-0.2, 0) is 6.42 Å². The number of aromatic nitrogens is 2. The van der Waals surface area contributed by atoms with Crippen molar-refractivity contribution in [2.75, 3.05) is 5.32 Å². The standard InChI is InChI=1S/C28H23N3O3/c32-23-11-7-20(8-12-23)25-17-29-28(27(30-25)21-9-13-24(33)14-10-21)31-26(34)16-18-5-6-19-3-1-2-4-22(19)15-18/h1-15,17,26,32-34H,16H2,(H,29,31). The van der Waals surface area contributed by atoms with E-state index in [9.17, 15) is 15.3 Å². The normalized spacial score (nSPS) is 11.9. The maximum atomic E-state index is 10.8. The molecule has 34 heavy (non-hydrogen) atoms. The predicted molar refractivity (Wildman–Crippen MR) is 134 cm³/mol. The summed E-state index contributed by atoms with van der Waals surface area (Å²) in [5, 5.41) is 35.5. The molecule has 1 aromatic heterocycles. The fourth-order valence-corrected chi connectivity index (χ4v) is 3.88. The maximum absolute atomic E-state index is 10.8. The lowest BCUT2D eigenvalue weighted by atomic mass is 10.0. The molecule has 4 N–H and O–H groups in total. The van der Waals surface area contributed by atoms with E-state index in [1.807, 2.05) is 24.3 Å². The molecule has 0 aliphatic rings. The Bertz CT molecular complexity index is 1430. The second kappa shape index (κ2) is 9.21. The lowest BCUT2D eigenvalue weighted by Crippen LogP contribution is -2.23. The van der Waals surface area contributed by atoms with Crippen LogP contribution in [0.5, 0.6) is 11.5 Å². The summed E-state index contributed by atoms with van der Waals surface area (Å²) < 4.78 is 0. The largest absolute Gasteiger partial charge is 0.508 e. The van der Waals surface area contributed by atoms with Crippen LogP contribution in [0.25, 0.3) is 33.3 Å². The number of phenols is 2. The summed E-state index contributed by atoms with van der Waals surface area (Å²) in [4.78, 5) is 9.32. The first-order chi connectivity index (χ1) is 16.5. The van der Waals surface area contributed by atoms with Gasteiger partial charge >= 0.3 is 0 Å². The average Bonchev–Trinajstić information content (AvgIpc) is 2.85. The van der Waals surface area contributed by atoms with Gasteiger partial charge in [0.15, 0.2) is 5.82 Å². The number of aliphatic hydroxyl groups excluding tert-OH is 1. The van der Waals surface area contributed by atoms with Crippen molar-refractivity contribution >= 4 is 16.6 Å². The van der Waals surface area contributed by atoms with E-state index in [0.717, 1.165) is 27.5 Å². The lowest BCUT2D eigenvalue weighted by Gasteiger charge is -2.17. The Hall–Kier alpha value is -4.42. The van der Waals surface area contributed by atoms with Crippen LogP contribution in [-0.4, -0.2) is 31.5 Å². The monoisotopic (exact) mass is 449 g/mol. The van der Waals surface area contributed by atoms with Crippen LogP contribution < -0.4 is 5.32 Å². The minimum Gasteiger partial charge on any atom is -0.508 e. The Morgan fingerprint density at radius 2 is 1.38 bits per heavy atom. The van der Waals surface area contributed by atoms with Crippen LogP contribution in [0.15, 0.2) is 97.2 Å². The van der Waals surface area contributed by atoms with E-state index in [0.29, 0.717) is 23.6 Å². The highest BCUT2D eigenvalue weighted by Crippen LogP contribution is 2.30. The number of rotatable bonds is 6. The summed E-state index contributed by atoms with van der Waals surface area (Å²) in [6.07, 6.45) is 1.13. The molecule has 0 bridgehead atoms. The molecular formula is C28H23N3O3. The zero-order chi connectivity index (χ0) is 23.5. The first kappa shape index (κ1) is 21.4. The van der Waals surface area contributed by atoms with Gasteiger partial charge in [-0.05, 0) is 64.9 Å². The molecule has 6 heteroatoms. The van der Waals surface area contributed by atoms with Gasteiger partial charge in [0.1, 0.15) is 23.4 Å². The molecule has 1 atom stereocenters. The molecule has 4 aromatic carbocycles. The van der Waals surface area contributed by atoms with Gasteiger partial charge in [0.2, 0.25) is 0 Å². The zero-order valence-corrected chi connectivity index (χ0v) is 18.3. The van der Waals surface area contributed by atoms with Crippen LogP contribution >= 0.6 is 0 Å². The molecule has 168 valence electrons. The molecule has 0 aliphatic heterocycles. The molecule has 5 aromatic rings. The minimum absolute atomic E-state index is 0.150. The number of benzene rings is 4. The quantitative estimate of drug-likeness (QED) is 0.261. The minimum atomic E-state index is -0.883. The van der Waals surface area contributed by atoms with E-state index in [4.69, 9.17) is 4.98 Å². The molecule has 0 aliphatic carbocycles. The highest BCUT2D eigenvalue weighted by atomic mass is 16.3. The second-order valence-corrected chi connectivity index (χ2v) is 8.09. The van der Waals surface area contributed by atoms with Crippen molar-refractivity contribution in [3.8, 4) is 34.0 Å². The van der Waals surface area contributed by atoms with Crippen LogP contribution in [0, 0.1) is 0 Å². The van der Waals surface area contributed by atoms with Crippen LogP contribution in [0.3, 0.4) is 0 Å². The molecule has 0 radical (unpaired) electrons. The van der Waals surface area contributed by atoms with E-state index < -0.39 is 6.23 Å². The number of phenolic OH excluding ortho intramolecular Hbond substituents is 2. The molecule has 0 amide bonds. The number of anilines is 1. The molecule has 1 unspecified atom stereocenters. The van der Waals surface area contributed by atoms with E-state index in [1.54, 1.807) is 54.7 Å². The Balaban J connectivity index is 1.45. The lowest BCUT2D eigenvalue weighted by molar-refractivity contribution is 0.203. The van der Waals surface area contributed by atoms with Crippen molar-refractivity contribution in [3.63, 3.8) is 0 Å². The number of nitrogens with zero attached hydrogens (tertiary/aromatic N) is 2. The summed E-state index contributed by atoms with van der Waals surface area (Å²) in [6.45, 7) is 0. The van der Waals surface area contributed by atoms with Gasteiger partial charge in [-0.15, -0.1) is 0 Å². The van der Waals surface area contributed by atoms with Gasteiger partial charge in [-0.3, -0.25) is 0 Å². The third-order valence-electron chi connectivity index (χ3n) is 5.62. The summed E-state index contributed by atoms with van der Waals surface area (Å²) in [7, 11) is 0. The van der Waals surface area contributed by atoms with E-state index in [2.05, 4.69) is 28.5 Å². The van der Waals surface area contributed by atoms with Gasteiger partial charge in [0.05, 0.1) is 11.9 Å². The summed E-state index contributed by atoms with van der Waals surface area (Å²) in [6, 6.07) is 27.6. The number of hydrogen-bond acceptors (Lipinski definition) is 6. The number of hydrogen-bond donors (Lipinski definition) is 4. The molecule has 0 spiro atoms. The van der Waals surface area contributed by atoms with Crippen molar-refractivity contribution in [3.05, 3.63) is 103 Å². The van der Waals surface area contributed by atoms with E-state index in [1.165, 1.54) is 0 Å². The number of fused-ring (bicyclic) bond motifs is 1.